The zero-order valence-corrected chi connectivity index (χ0v) is 22.2. The summed E-state index contributed by atoms with van der Waals surface area (Å²) in [7, 11) is 0. The Bertz CT molecular complexity index is 1580. The maximum absolute atomic E-state index is 13.1. The summed E-state index contributed by atoms with van der Waals surface area (Å²) in [6.45, 7) is 2.87. The van der Waals surface area contributed by atoms with Crippen LogP contribution in [-0.4, -0.2) is 35.1 Å². The third-order valence-electron chi connectivity index (χ3n) is 6.79. The molecule has 0 spiro atoms. The van der Waals surface area contributed by atoms with E-state index in [1.54, 1.807) is 36.4 Å². The molecule has 1 unspecified atom stereocenters. The average molecular weight is 534 g/mol. The number of rotatable bonds is 10. The lowest BCUT2D eigenvalue weighted by Crippen LogP contribution is -2.27. The highest BCUT2D eigenvalue weighted by Crippen LogP contribution is 2.28. The van der Waals surface area contributed by atoms with Crippen LogP contribution in [0.1, 0.15) is 44.8 Å². The first kappa shape index (κ1) is 26.6. The van der Waals surface area contributed by atoms with Gasteiger partial charge in [-0.2, -0.15) is 0 Å². The summed E-state index contributed by atoms with van der Waals surface area (Å²) in [6, 6.07) is 31.4. The lowest BCUT2D eigenvalue weighted by atomic mass is 10.0. The predicted molar refractivity (Wildman–Crippen MR) is 157 cm³/mol. The molecule has 0 bridgehead atoms. The van der Waals surface area contributed by atoms with Gasteiger partial charge in [0.05, 0.1) is 12.3 Å². The second-order valence-corrected chi connectivity index (χ2v) is 9.72. The number of benzene rings is 4. The molecule has 202 valence electrons. The van der Waals surface area contributed by atoms with Gasteiger partial charge in [0.1, 0.15) is 17.2 Å². The minimum Gasteiger partial charge on any atom is -0.508 e. The molecule has 4 aromatic carbocycles. The Morgan fingerprint density at radius 1 is 0.875 bits per heavy atom. The van der Waals surface area contributed by atoms with E-state index in [2.05, 4.69) is 22.5 Å². The number of hydrogen-bond donors (Lipinski definition) is 4. The number of ether oxygens (including phenoxy) is 1. The first-order valence-corrected chi connectivity index (χ1v) is 13.2. The highest BCUT2D eigenvalue weighted by atomic mass is 16.5. The maximum atomic E-state index is 13.1. The van der Waals surface area contributed by atoms with Gasteiger partial charge in [-0.1, -0.05) is 67.6 Å². The van der Waals surface area contributed by atoms with Gasteiger partial charge in [-0.3, -0.25) is 9.59 Å². The SMILES string of the molecule is CC(CNC(=O)c1ccc(NC(=O)c2cc3ccccc3[nH]2)c(OCCc2ccc(O)cc2)c1)c1ccccc1. The van der Waals surface area contributed by atoms with Crippen molar-refractivity contribution in [3.8, 4) is 11.5 Å². The Balaban J connectivity index is 1.32. The molecule has 7 nitrogen and oxygen atoms in total. The molecule has 1 atom stereocenters. The standard InChI is InChI=1S/C33H31N3O4/c1-22(24-7-3-2-4-8-24)21-34-32(38)26-13-16-29(31(20-26)40-18-17-23-11-14-27(37)15-12-23)36-33(39)30-19-25-9-5-6-10-28(25)35-30/h2-16,19-20,22,35,37H,17-18,21H2,1H3,(H,34,38)(H,36,39). The molecule has 0 aliphatic carbocycles. The van der Waals surface area contributed by atoms with Gasteiger partial charge in [0, 0.05) is 29.4 Å². The zero-order valence-electron chi connectivity index (χ0n) is 22.2. The summed E-state index contributed by atoms with van der Waals surface area (Å²) in [6.07, 6.45) is 0.584. The molecule has 1 heterocycles. The summed E-state index contributed by atoms with van der Waals surface area (Å²) in [5.41, 5.74) is 4.33. The Hall–Kier alpha value is -5.04. The third-order valence-corrected chi connectivity index (χ3v) is 6.79. The average Bonchev–Trinajstić information content (AvgIpc) is 3.43. The first-order chi connectivity index (χ1) is 19.5. The van der Waals surface area contributed by atoms with E-state index in [1.807, 2.05) is 66.7 Å². The van der Waals surface area contributed by atoms with Gasteiger partial charge in [-0.15, -0.1) is 0 Å². The number of aromatic amines is 1. The van der Waals surface area contributed by atoms with Crippen molar-refractivity contribution in [1.82, 2.24) is 10.3 Å². The Kier molecular flexibility index (Phi) is 8.11. The van der Waals surface area contributed by atoms with Crippen LogP contribution >= 0.6 is 0 Å². The number of amides is 2. The molecular weight excluding hydrogens is 502 g/mol. The maximum Gasteiger partial charge on any atom is 0.272 e. The second kappa shape index (κ2) is 12.2. The van der Waals surface area contributed by atoms with E-state index < -0.39 is 0 Å². The normalized spacial score (nSPS) is 11.6. The molecule has 0 saturated heterocycles. The quantitative estimate of drug-likeness (QED) is 0.170. The molecule has 0 aliphatic rings. The van der Waals surface area contributed by atoms with Crippen LogP contribution < -0.4 is 15.4 Å². The summed E-state index contributed by atoms with van der Waals surface area (Å²) in [5.74, 6) is 0.216. The number of hydrogen-bond acceptors (Lipinski definition) is 4. The fourth-order valence-electron chi connectivity index (χ4n) is 4.46. The van der Waals surface area contributed by atoms with E-state index in [1.165, 1.54) is 0 Å². The zero-order chi connectivity index (χ0) is 27.9. The number of H-pyrrole nitrogens is 1. The molecule has 0 fully saturated rings. The van der Waals surface area contributed by atoms with Crippen LogP contribution in [0.5, 0.6) is 11.5 Å². The second-order valence-electron chi connectivity index (χ2n) is 9.72. The molecule has 40 heavy (non-hydrogen) atoms. The van der Waals surface area contributed by atoms with Crippen molar-refractivity contribution in [2.24, 2.45) is 0 Å². The number of aromatic hydroxyl groups is 1. The van der Waals surface area contributed by atoms with Gasteiger partial charge in [-0.25, -0.2) is 0 Å². The number of aromatic nitrogens is 1. The van der Waals surface area contributed by atoms with Crippen molar-refractivity contribution in [2.45, 2.75) is 19.3 Å². The van der Waals surface area contributed by atoms with Crippen LogP contribution in [0, 0.1) is 0 Å². The van der Waals surface area contributed by atoms with Crippen LogP contribution in [0.25, 0.3) is 10.9 Å². The van der Waals surface area contributed by atoms with Crippen LogP contribution in [0.15, 0.2) is 103 Å². The van der Waals surface area contributed by atoms with Crippen molar-refractivity contribution in [3.05, 3.63) is 126 Å². The highest BCUT2D eigenvalue weighted by molar-refractivity contribution is 6.07. The fraction of sp³-hybridized carbons (Fsp3) is 0.152. The van der Waals surface area contributed by atoms with E-state index in [0.717, 1.165) is 22.0 Å². The van der Waals surface area contributed by atoms with Crippen molar-refractivity contribution >= 4 is 28.4 Å². The molecular formula is C33H31N3O4. The minimum atomic E-state index is -0.312. The minimum absolute atomic E-state index is 0.154. The van der Waals surface area contributed by atoms with E-state index in [9.17, 15) is 14.7 Å². The molecule has 4 N–H and O–H groups in total. The molecule has 2 amide bonds. The number of fused-ring (bicyclic) bond motifs is 1. The third kappa shape index (κ3) is 6.50. The first-order valence-electron chi connectivity index (χ1n) is 13.2. The monoisotopic (exact) mass is 533 g/mol. The predicted octanol–water partition coefficient (Wildman–Crippen LogP) is 6.28. The molecule has 0 radical (unpaired) electrons. The van der Waals surface area contributed by atoms with Gasteiger partial charge < -0.3 is 25.5 Å². The van der Waals surface area contributed by atoms with Gasteiger partial charge in [0.15, 0.2) is 0 Å². The number of phenols is 1. The fourth-order valence-corrected chi connectivity index (χ4v) is 4.46. The van der Waals surface area contributed by atoms with E-state index in [4.69, 9.17) is 4.74 Å². The van der Waals surface area contributed by atoms with Gasteiger partial charge in [-0.05, 0) is 59.5 Å². The molecule has 5 rings (SSSR count). The van der Waals surface area contributed by atoms with Crippen LogP contribution in [0.4, 0.5) is 5.69 Å². The van der Waals surface area contributed by atoms with Gasteiger partial charge in [0.2, 0.25) is 0 Å². The lowest BCUT2D eigenvalue weighted by molar-refractivity contribution is 0.0950. The number of anilines is 1. The summed E-state index contributed by atoms with van der Waals surface area (Å²) >= 11 is 0. The number of para-hydroxylation sites is 1. The Morgan fingerprint density at radius 3 is 2.40 bits per heavy atom. The molecule has 7 heteroatoms. The van der Waals surface area contributed by atoms with Crippen LogP contribution in [0.2, 0.25) is 0 Å². The molecule has 5 aromatic rings. The molecule has 0 saturated carbocycles. The summed E-state index contributed by atoms with van der Waals surface area (Å²) in [4.78, 5) is 29.3. The molecule has 1 aromatic heterocycles. The van der Waals surface area contributed by atoms with Crippen molar-refractivity contribution in [2.75, 3.05) is 18.5 Å². The van der Waals surface area contributed by atoms with Gasteiger partial charge in [0.25, 0.3) is 11.8 Å². The highest BCUT2D eigenvalue weighted by Gasteiger charge is 2.16. The lowest BCUT2D eigenvalue weighted by Gasteiger charge is -2.16. The number of carbonyl (C=O) groups is 2. The largest absolute Gasteiger partial charge is 0.508 e. The van der Waals surface area contributed by atoms with Crippen molar-refractivity contribution < 1.29 is 19.4 Å². The number of nitrogens with one attached hydrogen (secondary N) is 3. The van der Waals surface area contributed by atoms with Crippen LogP contribution in [0.3, 0.4) is 0 Å². The number of carbonyl (C=O) groups excluding carboxylic acids is 2. The Labute approximate surface area is 232 Å². The van der Waals surface area contributed by atoms with E-state index >= 15 is 0 Å². The van der Waals surface area contributed by atoms with E-state index in [0.29, 0.717) is 42.3 Å². The van der Waals surface area contributed by atoms with Crippen LogP contribution in [-0.2, 0) is 6.42 Å². The Morgan fingerprint density at radius 2 is 1.62 bits per heavy atom. The smallest absolute Gasteiger partial charge is 0.272 e. The summed E-state index contributed by atoms with van der Waals surface area (Å²) < 4.78 is 6.09. The molecule has 0 aliphatic heterocycles. The van der Waals surface area contributed by atoms with Crippen molar-refractivity contribution in [1.29, 1.82) is 0 Å². The topological polar surface area (TPSA) is 103 Å². The summed E-state index contributed by atoms with van der Waals surface area (Å²) in [5, 5.41) is 16.4. The van der Waals surface area contributed by atoms with Gasteiger partial charge >= 0.3 is 0 Å². The van der Waals surface area contributed by atoms with Crippen molar-refractivity contribution in [3.63, 3.8) is 0 Å². The van der Waals surface area contributed by atoms with E-state index in [-0.39, 0.29) is 23.5 Å². The number of phenolic OH excluding ortho intramolecular Hbond substituents is 1.